The Morgan fingerprint density at radius 3 is 2.83 bits per heavy atom. The van der Waals surface area contributed by atoms with Gasteiger partial charge in [-0.3, -0.25) is 9.59 Å². The third-order valence-electron chi connectivity index (χ3n) is 5.40. The molecule has 2 N–H and O–H groups in total. The molecule has 1 aromatic carbocycles. The van der Waals surface area contributed by atoms with Crippen LogP contribution in [0.1, 0.15) is 60.0 Å². The van der Waals surface area contributed by atoms with Gasteiger partial charge in [-0.25, -0.2) is 4.79 Å². The lowest BCUT2D eigenvalue weighted by molar-refractivity contribution is -0.121. The van der Waals surface area contributed by atoms with E-state index in [-0.39, 0.29) is 30.1 Å². The van der Waals surface area contributed by atoms with Crippen molar-refractivity contribution < 1.29 is 19.1 Å². The monoisotopic (exact) mass is 412 g/mol. The van der Waals surface area contributed by atoms with Crippen molar-refractivity contribution in [3.05, 3.63) is 46.3 Å². The molecular weight excluding hydrogens is 388 g/mol. The molecule has 29 heavy (non-hydrogen) atoms. The van der Waals surface area contributed by atoms with Crippen molar-refractivity contribution in [1.29, 1.82) is 0 Å². The van der Waals surface area contributed by atoms with Crippen LogP contribution in [0, 0.1) is 5.92 Å². The molecule has 1 aliphatic heterocycles. The average molecular weight is 413 g/mol. The van der Waals surface area contributed by atoms with Crippen LogP contribution in [0.15, 0.2) is 29.6 Å². The molecule has 7 heteroatoms. The zero-order valence-corrected chi connectivity index (χ0v) is 17.1. The smallest absolute Gasteiger partial charge is 0.341 e. The van der Waals surface area contributed by atoms with Gasteiger partial charge in [-0.15, -0.1) is 11.3 Å². The van der Waals surface area contributed by atoms with E-state index in [9.17, 15) is 14.4 Å². The summed E-state index contributed by atoms with van der Waals surface area (Å²) < 4.78 is 5.19. The standard InChI is InChI=1S/C22H24N2O4S/c1-2-28-22(27)19-16(13-7-8-13)12-29-21(19)24-18(25)10-9-15-11-14-5-3-4-6-17(14)23-20(15)26/h3-6,12-13,15H,2,7-11H2,1H3,(H,23,26)(H,24,25). The van der Waals surface area contributed by atoms with Crippen LogP contribution in [0.4, 0.5) is 10.7 Å². The first kappa shape index (κ1) is 19.6. The largest absolute Gasteiger partial charge is 0.462 e. The summed E-state index contributed by atoms with van der Waals surface area (Å²) in [7, 11) is 0. The van der Waals surface area contributed by atoms with Crippen molar-refractivity contribution in [2.75, 3.05) is 17.2 Å². The molecule has 1 saturated carbocycles. The summed E-state index contributed by atoms with van der Waals surface area (Å²) in [5.41, 5.74) is 3.42. The van der Waals surface area contributed by atoms with Crippen LogP contribution in [0.5, 0.6) is 0 Å². The van der Waals surface area contributed by atoms with Crippen molar-refractivity contribution in [3.63, 3.8) is 0 Å². The van der Waals surface area contributed by atoms with Gasteiger partial charge >= 0.3 is 5.97 Å². The second kappa shape index (κ2) is 8.37. The van der Waals surface area contributed by atoms with E-state index in [0.29, 0.717) is 35.9 Å². The summed E-state index contributed by atoms with van der Waals surface area (Å²) in [5.74, 6) is -0.454. The van der Waals surface area contributed by atoms with Gasteiger partial charge in [0.05, 0.1) is 12.2 Å². The minimum absolute atomic E-state index is 0.0455. The van der Waals surface area contributed by atoms with E-state index in [1.807, 2.05) is 29.6 Å². The molecular formula is C22H24N2O4S. The molecule has 1 aliphatic carbocycles. The highest BCUT2D eigenvalue weighted by atomic mass is 32.1. The second-order valence-electron chi connectivity index (χ2n) is 7.52. The van der Waals surface area contributed by atoms with E-state index < -0.39 is 0 Å². The number of rotatable bonds is 7. The van der Waals surface area contributed by atoms with Crippen LogP contribution in [-0.2, 0) is 20.7 Å². The van der Waals surface area contributed by atoms with Crippen LogP contribution in [-0.4, -0.2) is 24.4 Å². The molecule has 0 bridgehead atoms. The van der Waals surface area contributed by atoms with Crippen LogP contribution < -0.4 is 10.6 Å². The Bertz CT molecular complexity index is 948. The molecule has 1 aromatic heterocycles. The third-order valence-corrected chi connectivity index (χ3v) is 6.32. The van der Waals surface area contributed by atoms with Gasteiger partial charge in [0.2, 0.25) is 11.8 Å². The highest BCUT2D eigenvalue weighted by molar-refractivity contribution is 7.15. The third kappa shape index (κ3) is 4.34. The minimum Gasteiger partial charge on any atom is -0.462 e. The first-order valence-electron chi connectivity index (χ1n) is 10.0. The van der Waals surface area contributed by atoms with Gasteiger partial charge in [0, 0.05) is 18.0 Å². The number of benzene rings is 1. The molecule has 152 valence electrons. The lowest BCUT2D eigenvalue weighted by Crippen LogP contribution is -2.30. The highest BCUT2D eigenvalue weighted by Gasteiger charge is 2.32. The Kier molecular flexibility index (Phi) is 5.67. The number of hydrogen-bond acceptors (Lipinski definition) is 5. The maximum Gasteiger partial charge on any atom is 0.341 e. The van der Waals surface area contributed by atoms with E-state index in [1.165, 1.54) is 11.3 Å². The van der Waals surface area contributed by atoms with Crippen molar-refractivity contribution in [2.45, 2.75) is 44.9 Å². The second-order valence-corrected chi connectivity index (χ2v) is 8.40. The molecule has 0 radical (unpaired) electrons. The summed E-state index contributed by atoms with van der Waals surface area (Å²) in [6, 6.07) is 7.73. The fourth-order valence-electron chi connectivity index (χ4n) is 3.71. The van der Waals surface area contributed by atoms with Gasteiger partial charge in [0.1, 0.15) is 5.00 Å². The van der Waals surface area contributed by atoms with E-state index >= 15 is 0 Å². The first-order chi connectivity index (χ1) is 14.1. The fourth-order valence-corrected chi connectivity index (χ4v) is 4.76. The van der Waals surface area contributed by atoms with Crippen molar-refractivity contribution in [1.82, 2.24) is 0 Å². The molecule has 0 saturated heterocycles. The van der Waals surface area contributed by atoms with Gasteiger partial charge in [0.25, 0.3) is 0 Å². The van der Waals surface area contributed by atoms with Crippen LogP contribution in [0.25, 0.3) is 0 Å². The number of para-hydroxylation sites is 1. The Morgan fingerprint density at radius 2 is 2.07 bits per heavy atom. The summed E-state index contributed by atoms with van der Waals surface area (Å²) in [6.07, 6.45) is 3.44. The number of carbonyl (C=O) groups is 3. The summed E-state index contributed by atoms with van der Waals surface area (Å²) >= 11 is 1.37. The lowest BCUT2D eigenvalue weighted by atomic mass is 9.89. The molecule has 0 spiro atoms. The molecule has 1 fully saturated rings. The minimum atomic E-state index is -0.380. The number of ether oxygens (including phenoxy) is 1. The van der Waals surface area contributed by atoms with E-state index in [0.717, 1.165) is 29.7 Å². The van der Waals surface area contributed by atoms with Gasteiger partial charge in [-0.2, -0.15) is 0 Å². The highest BCUT2D eigenvalue weighted by Crippen LogP contribution is 2.46. The zero-order valence-electron chi connectivity index (χ0n) is 16.3. The quantitative estimate of drug-likeness (QED) is 0.663. The van der Waals surface area contributed by atoms with Crippen molar-refractivity contribution in [3.8, 4) is 0 Å². The van der Waals surface area contributed by atoms with Gasteiger partial charge in [0.15, 0.2) is 0 Å². The number of carbonyl (C=O) groups excluding carboxylic acids is 3. The maximum absolute atomic E-state index is 12.5. The fraction of sp³-hybridized carbons (Fsp3) is 0.409. The average Bonchev–Trinajstić information content (AvgIpc) is 3.47. The summed E-state index contributed by atoms with van der Waals surface area (Å²) in [4.78, 5) is 37.3. The molecule has 2 aromatic rings. The first-order valence-corrected chi connectivity index (χ1v) is 10.9. The molecule has 2 aliphatic rings. The number of thiophene rings is 1. The topological polar surface area (TPSA) is 84.5 Å². The number of amides is 2. The van der Waals surface area contributed by atoms with Crippen LogP contribution in [0.3, 0.4) is 0 Å². The zero-order chi connectivity index (χ0) is 20.4. The Balaban J connectivity index is 1.39. The van der Waals surface area contributed by atoms with Gasteiger partial charge in [-0.05, 0) is 61.1 Å². The predicted octanol–water partition coefficient (Wildman–Crippen LogP) is 4.33. The van der Waals surface area contributed by atoms with Crippen molar-refractivity contribution in [2.24, 2.45) is 5.92 Å². The maximum atomic E-state index is 12.5. The number of esters is 1. The molecule has 4 rings (SSSR count). The lowest BCUT2D eigenvalue weighted by Gasteiger charge is -2.24. The molecule has 2 amide bonds. The van der Waals surface area contributed by atoms with Crippen LogP contribution in [0.2, 0.25) is 0 Å². The Morgan fingerprint density at radius 1 is 1.28 bits per heavy atom. The number of nitrogens with one attached hydrogen (secondary N) is 2. The molecule has 1 unspecified atom stereocenters. The van der Waals surface area contributed by atoms with Gasteiger partial charge in [-0.1, -0.05) is 18.2 Å². The summed E-state index contributed by atoms with van der Waals surface area (Å²) in [5, 5.41) is 8.29. The van der Waals surface area contributed by atoms with Crippen LogP contribution >= 0.6 is 11.3 Å². The summed E-state index contributed by atoms with van der Waals surface area (Å²) in [6.45, 7) is 2.07. The Hall–Kier alpha value is -2.67. The molecule has 1 atom stereocenters. The number of anilines is 2. The number of fused-ring (bicyclic) bond motifs is 1. The predicted molar refractivity (Wildman–Crippen MR) is 112 cm³/mol. The van der Waals surface area contributed by atoms with E-state index in [1.54, 1.807) is 6.92 Å². The Labute approximate surface area is 173 Å². The van der Waals surface area contributed by atoms with Crippen molar-refractivity contribution >= 4 is 39.8 Å². The SMILES string of the molecule is CCOC(=O)c1c(C2CC2)csc1NC(=O)CCC1Cc2ccccc2NC1=O. The van der Waals surface area contributed by atoms with E-state index in [4.69, 9.17) is 4.74 Å². The normalized spacial score (nSPS) is 18.0. The molecule has 6 nitrogen and oxygen atoms in total. The van der Waals surface area contributed by atoms with Gasteiger partial charge < -0.3 is 15.4 Å². The molecule has 2 heterocycles. The van der Waals surface area contributed by atoms with E-state index in [2.05, 4.69) is 10.6 Å². The number of hydrogen-bond donors (Lipinski definition) is 2.